The van der Waals surface area contributed by atoms with Crippen molar-refractivity contribution in [3.05, 3.63) is 60.1 Å². The molecule has 102 valence electrons. The van der Waals surface area contributed by atoms with E-state index >= 15 is 0 Å². The maximum absolute atomic E-state index is 5.78. The summed E-state index contributed by atoms with van der Waals surface area (Å²) in [5.74, 6) is 0. The van der Waals surface area contributed by atoms with Crippen LogP contribution in [0.2, 0.25) is 5.28 Å². The maximum Gasteiger partial charge on any atom is 0.222 e. The topological polar surface area (TPSA) is 25.8 Å². The largest absolute Gasteiger partial charge is 0.226 e. The molecule has 0 atom stereocenters. The van der Waals surface area contributed by atoms with Crippen molar-refractivity contribution >= 4 is 35.1 Å². The van der Waals surface area contributed by atoms with Crippen LogP contribution >= 0.6 is 35.1 Å². The lowest BCUT2D eigenvalue weighted by Gasteiger charge is -2.20. The van der Waals surface area contributed by atoms with Gasteiger partial charge in [-0.15, -0.1) is 0 Å². The minimum Gasteiger partial charge on any atom is -0.226 e. The Morgan fingerprint density at radius 2 is 1.43 bits per heavy atom. The summed E-state index contributed by atoms with van der Waals surface area (Å²) in [6.07, 6.45) is 3.55. The third-order valence-electron chi connectivity index (χ3n) is 3.19. The summed E-state index contributed by atoms with van der Waals surface area (Å²) in [5.41, 5.74) is 2.14. The molecule has 0 aliphatic carbocycles. The Morgan fingerprint density at radius 1 is 0.762 bits per heavy atom. The Hall–Kier alpha value is -1.49. The second kappa shape index (κ2) is 5.37. The molecule has 0 spiro atoms. The highest BCUT2D eigenvalue weighted by atomic mass is 35.5. The number of halogens is 1. The summed E-state index contributed by atoms with van der Waals surface area (Å²) >= 11 is 9.38. The van der Waals surface area contributed by atoms with Crippen LogP contribution in [0.15, 0.2) is 74.4 Å². The van der Waals surface area contributed by atoms with Crippen LogP contribution < -0.4 is 0 Å². The van der Waals surface area contributed by atoms with Crippen molar-refractivity contribution < 1.29 is 0 Å². The van der Waals surface area contributed by atoms with Gasteiger partial charge in [0.1, 0.15) is 0 Å². The van der Waals surface area contributed by atoms with Gasteiger partial charge in [0.15, 0.2) is 0 Å². The predicted octanol–water partition coefficient (Wildman–Crippen LogP) is 5.41. The Labute approximate surface area is 136 Å². The predicted molar refractivity (Wildman–Crippen MR) is 87.2 cm³/mol. The monoisotopic (exact) mass is 328 g/mol. The highest BCUT2D eigenvalue weighted by molar-refractivity contribution is 8.05. The molecule has 2 nitrogen and oxygen atoms in total. The van der Waals surface area contributed by atoms with Crippen LogP contribution in [0.3, 0.4) is 0 Å². The zero-order valence-electron chi connectivity index (χ0n) is 10.8. The van der Waals surface area contributed by atoms with E-state index in [9.17, 15) is 0 Å². The van der Waals surface area contributed by atoms with Gasteiger partial charge in [-0.2, -0.15) is 0 Å². The number of hydrogen-bond acceptors (Lipinski definition) is 4. The summed E-state index contributed by atoms with van der Waals surface area (Å²) in [5, 5.41) is 0.274. The number of aromatic nitrogens is 2. The Kier molecular flexibility index (Phi) is 3.37. The van der Waals surface area contributed by atoms with Gasteiger partial charge in [-0.25, -0.2) is 9.97 Å². The Bertz CT molecular complexity index is 819. The molecule has 0 bridgehead atoms. The maximum atomic E-state index is 5.78. The van der Waals surface area contributed by atoms with Crippen molar-refractivity contribution in [2.75, 3.05) is 0 Å². The molecule has 0 amide bonds. The molecular weight excluding hydrogens is 320 g/mol. The van der Waals surface area contributed by atoms with Gasteiger partial charge in [0, 0.05) is 37.5 Å². The van der Waals surface area contributed by atoms with Crippen LogP contribution in [0.25, 0.3) is 11.1 Å². The second-order valence-electron chi connectivity index (χ2n) is 4.52. The second-order valence-corrected chi connectivity index (χ2v) is 7.00. The third kappa shape index (κ3) is 2.44. The standard InChI is InChI=1S/C16H9ClN2S2/c17-16-18-8-10(9-19-16)11-4-3-7-14-15(11)21-13-6-2-1-5-12(13)20-14/h1-9H. The summed E-state index contributed by atoms with van der Waals surface area (Å²) in [4.78, 5) is 13.3. The Balaban J connectivity index is 1.84. The quantitative estimate of drug-likeness (QED) is 0.436. The normalized spacial score (nSPS) is 12.6. The fourth-order valence-corrected chi connectivity index (χ4v) is 4.73. The van der Waals surface area contributed by atoms with Gasteiger partial charge < -0.3 is 0 Å². The first-order chi connectivity index (χ1) is 10.3. The van der Waals surface area contributed by atoms with E-state index in [0.29, 0.717) is 0 Å². The van der Waals surface area contributed by atoms with Crippen LogP contribution in [0.4, 0.5) is 0 Å². The molecule has 1 aromatic heterocycles. The fraction of sp³-hybridized carbons (Fsp3) is 0. The van der Waals surface area contributed by atoms with E-state index in [1.807, 2.05) is 0 Å². The van der Waals surface area contributed by atoms with E-state index < -0.39 is 0 Å². The fourth-order valence-electron chi connectivity index (χ4n) is 2.23. The molecule has 1 aliphatic rings. The summed E-state index contributed by atoms with van der Waals surface area (Å²) in [6.45, 7) is 0. The molecule has 0 unspecified atom stereocenters. The van der Waals surface area contributed by atoms with Crippen LogP contribution in [-0.4, -0.2) is 9.97 Å². The highest BCUT2D eigenvalue weighted by Gasteiger charge is 2.20. The van der Waals surface area contributed by atoms with Crippen LogP contribution in [0, 0.1) is 0 Å². The summed E-state index contributed by atoms with van der Waals surface area (Å²) < 4.78 is 0. The van der Waals surface area contributed by atoms with Gasteiger partial charge in [-0.3, -0.25) is 0 Å². The summed E-state index contributed by atoms with van der Waals surface area (Å²) in [6, 6.07) is 14.8. The molecule has 1 aliphatic heterocycles. The van der Waals surface area contributed by atoms with Gasteiger partial charge >= 0.3 is 0 Å². The van der Waals surface area contributed by atoms with Gasteiger partial charge in [0.05, 0.1) is 0 Å². The SMILES string of the molecule is Clc1ncc(-c2cccc3c2Sc2ccccc2S3)cn1. The van der Waals surface area contributed by atoms with Crippen molar-refractivity contribution in [1.29, 1.82) is 0 Å². The molecule has 5 heteroatoms. The number of benzene rings is 2. The Morgan fingerprint density at radius 3 is 2.19 bits per heavy atom. The van der Waals surface area contributed by atoms with Crippen LogP contribution in [0.1, 0.15) is 0 Å². The van der Waals surface area contributed by atoms with Gasteiger partial charge in [-0.1, -0.05) is 47.8 Å². The minimum absolute atomic E-state index is 0.274. The van der Waals surface area contributed by atoms with E-state index in [1.165, 1.54) is 19.6 Å². The third-order valence-corrected chi connectivity index (χ3v) is 6.00. The molecule has 0 saturated carbocycles. The van der Waals surface area contributed by atoms with Crippen LogP contribution in [-0.2, 0) is 0 Å². The lowest BCUT2D eigenvalue weighted by atomic mass is 10.1. The molecule has 3 aromatic rings. The molecule has 2 aromatic carbocycles. The van der Waals surface area contributed by atoms with E-state index in [2.05, 4.69) is 52.4 Å². The molecule has 0 N–H and O–H groups in total. The zero-order chi connectivity index (χ0) is 14.2. The smallest absolute Gasteiger partial charge is 0.222 e. The first-order valence-corrected chi connectivity index (χ1v) is 8.38. The minimum atomic E-state index is 0.274. The van der Waals surface area contributed by atoms with Gasteiger partial charge in [0.25, 0.3) is 0 Å². The molecule has 4 rings (SSSR count). The lowest BCUT2D eigenvalue weighted by Crippen LogP contribution is -1.93. The molecule has 21 heavy (non-hydrogen) atoms. The van der Waals surface area contributed by atoms with Crippen molar-refractivity contribution in [2.45, 2.75) is 19.6 Å². The zero-order valence-corrected chi connectivity index (χ0v) is 13.2. The van der Waals surface area contributed by atoms with Crippen molar-refractivity contribution in [2.24, 2.45) is 0 Å². The van der Waals surface area contributed by atoms with E-state index in [1.54, 1.807) is 35.9 Å². The first-order valence-electron chi connectivity index (χ1n) is 6.37. The van der Waals surface area contributed by atoms with Gasteiger partial charge in [0.2, 0.25) is 5.28 Å². The average Bonchev–Trinajstić information content (AvgIpc) is 2.53. The average molecular weight is 329 g/mol. The van der Waals surface area contributed by atoms with E-state index in [0.717, 1.165) is 11.1 Å². The first kappa shape index (κ1) is 13.2. The number of nitrogens with zero attached hydrogens (tertiary/aromatic N) is 2. The molecule has 0 fully saturated rings. The molecular formula is C16H9ClN2S2. The van der Waals surface area contributed by atoms with E-state index in [-0.39, 0.29) is 5.28 Å². The summed E-state index contributed by atoms with van der Waals surface area (Å²) in [7, 11) is 0. The number of rotatable bonds is 1. The van der Waals surface area contributed by atoms with Crippen molar-refractivity contribution in [3.8, 4) is 11.1 Å². The number of hydrogen-bond donors (Lipinski definition) is 0. The highest BCUT2D eigenvalue weighted by Crippen LogP contribution is 2.51. The van der Waals surface area contributed by atoms with Crippen molar-refractivity contribution in [1.82, 2.24) is 9.97 Å². The van der Waals surface area contributed by atoms with E-state index in [4.69, 9.17) is 11.6 Å². The lowest BCUT2D eigenvalue weighted by molar-refractivity contribution is 1.14. The van der Waals surface area contributed by atoms with Gasteiger partial charge in [-0.05, 0) is 35.4 Å². The van der Waals surface area contributed by atoms with Crippen LogP contribution in [0.5, 0.6) is 0 Å². The molecule has 0 radical (unpaired) electrons. The molecule has 0 saturated heterocycles. The van der Waals surface area contributed by atoms with Crippen molar-refractivity contribution in [3.63, 3.8) is 0 Å². The number of fused-ring (bicyclic) bond motifs is 2. The molecule has 2 heterocycles.